The minimum Gasteiger partial charge on any atom is -0.469 e. The minimum atomic E-state index is -3.29. The number of methoxy groups -OCH3 is 1. The molecule has 0 amide bonds. The lowest BCUT2D eigenvalue weighted by atomic mass is 10.0. The minimum absolute atomic E-state index is 0.0240. The third-order valence-electron chi connectivity index (χ3n) is 2.09. The quantitative estimate of drug-likeness (QED) is 0.568. The van der Waals surface area contributed by atoms with Crippen LogP contribution in [-0.2, 0) is 19.4 Å². The molecule has 0 radical (unpaired) electrons. The Bertz CT molecular complexity index is 298. The molecule has 0 saturated carbocycles. The predicted octanol–water partition coefficient (Wildman–Crippen LogP) is -0.0678. The van der Waals surface area contributed by atoms with Crippen molar-refractivity contribution in [2.75, 3.05) is 18.6 Å². The van der Waals surface area contributed by atoms with Gasteiger partial charge in [-0.15, -0.1) is 0 Å². The van der Waals surface area contributed by atoms with Crippen LogP contribution in [0.1, 0.15) is 6.42 Å². The van der Waals surface area contributed by atoms with Crippen LogP contribution in [0.15, 0.2) is 0 Å². The van der Waals surface area contributed by atoms with Crippen LogP contribution in [0, 0.1) is 5.92 Å². The van der Waals surface area contributed by atoms with Gasteiger partial charge in [0, 0.05) is 0 Å². The number of ether oxygens (including phenoxy) is 1. The van der Waals surface area contributed by atoms with Crippen LogP contribution < -0.4 is 0 Å². The van der Waals surface area contributed by atoms with E-state index in [0.717, 1.165) is 7.11 Å². The van der Waals surface area contributed by atoms with Gasteiger partial charge in [-0.25, -0.2) is 12.8 Å². The smallest absolute Gasteiger partial charge is 0.311 e. The van der Waals surface area contributed by atoms with E-state index in [1.165, 1.54) is 0 Å². The molecule has 0 aromatic heterocycles. The second-order valence-electron chi connectivity index (χ2n) is 3.05. The van der Waals surface area contributed by atoms with Gasteiger partial charge in [0.25, 0.3) is 0 Å². The maximum atomic E-state index is 13.1. The predicted molar refractivity (Wildman–Crippen MR) is 43.7 cm³/mol. The fourth-order valence-corrected chi connectivity index (χ4v) is 2.84. The molecule has 0 spiro atoms. The molecule has 2 unspecified atom stereocenters. The fraction of sp³-hybridized carbons (Fsp3) is 0.857. The summed E-state index contributed by atoms with van der Waals surface area (Å²) in [5, 5.41) is 0. The summed E-state index contributed by atoms with van der Waals surface area (Å²) in [5.41, 5.74) is 0. The summed E-state index contributed by atoms with van der Waals surface area (Å²) in [4.78, 5) is 10.9. The van der Waals surface area contributed by atoms with E-state index in [-0.39, 0.29) is 12.2 Å². The van der Waals surface area contributed by atoms with Crippen molar-refractivity contribution < 1.29 is 22.3 Å². The Morgan fingerprint density at radius 3 is 2.62 bits per heavy atom. The van der Waals surface area contributed by atoms with Crippen molar-refractivity contribution in [1.82, 2.24) is 0 Å². The highest BCUT2D eigenvalue weighted by Gasteiger charge is 2.38. The summed E-state index contributed by atoms with van der Waals surface area (Å²) in [6, 6.07) is 0. The second kappa shape index (κ2) is 3.61. The monoisotopic (exact) mass is 210 g/mol. The first kappa shape index (κ1) is 10.4. The molecular weight excluding hydrogens is 199 g/mol. The van der Waals surface area contributed by atoms with Crippen molar-refractivity contribution >= 4 is 15.8 Å². The Morgan fingerprint density at radius 1 is 1.54 bits per heavy atom. The van der Waals surface area contributed by atoms with E-state index in [2.05, 4.69) is 4.74 Å². The molecule has 1 heterocycles. The van der Waals surface area contributed by atoms with Gasteiger partial charge in [-0.2, -0.15) is 0 Å². The van der Waals surface area contributed by atoms with E-state index in [1.807, 2.05) is 0 Å². The number of carbonyl (C=O) groups excluding carboxylic acids is 1. The second-order valence-corrected chi connectivity index (χ2v) is 5.28. The van der Waals surface area contributed by atoms with Crippen molar-refractivity contribution in [3.8, 4) is 0 Å². The van der Waals surface area contributed by atoms with Crippen molar-refractivity contribution in [2.24, 2.45) is 5.92 Å². The van der Waals surface area contributed by atoms with Crippen LogP contribution in [0.25, 0.3) is 0 Å². The Hall–Kier alpha value is -0.650. The third-order valence-corrected chi connectivity index (χ3v) is 3.78. The number of halogens is 1. The SMILES string of the molecule is COC(=O)C1CCS(=O)(=O)CC1F. The van der Waals surface area contributed by atoms with Crippen molar-refractivity contribution in [2.45, 2.75) is 12.6 Å². The van der Waals surface area contributed by atoms with Crippen LogP contribution in [0.3, 0.4) is 0 Å². The lowest BCUT2D eigenvalue weighted by Crippen LogP contribution is -2.38. The van der Waals surface area contributed by atoms with Gasteiger partial charge in [0.1, 0.15) is 6.17 Å². The van der Waals surface area contributed by atoms with Gasteiger partial charge in [-0.1, -0.05) is 0 Å². The summed E-state index contributed by atoms with van der Waals surface area (Å²) in [6.45, 7) is 0. The molecule has 0 aliphatic carbocycles. The average Bonchev–Trinajstić information content (AvgIpc) is 2.01. The highest BCUT2D eigenvalue weighted by atomic mass is 32.2. The number of hydrogen-bond acceptors (Lipinski definition) is 4. The Balaban J connectivity index is 2.69. The van der Waals surface area contributed by atoms with E-state index >= 15 is 0 Å². The Kier molecular flexibility index (Phi) is 2.90. The first-order valence-electron chi connectivity index (χ1n) is 3.88. The average molecular weight is 210 g/mol. The lowest BCUT2D eigenvalue weighted by Gasteiger charge is -2.23. The highest BCUT2D eigenvalue weighted by molar-refractivity contribution is 7.91. The molecule has 2 atom stereocenters. The lowest BCUT2D eigenvalue weighted by molar-refractivity contribution is -0.147. The topological polar surface area (TPSA) is 60.4 Å². The fourth-order valence-electron chi connectivity index (χ4n) is 1.35. The number of hydrogen-bond donors (Lipinski definition) is 0. The van der Waals surface area contributed by atoms with Gasteiger partial charge >= 0.3 is 5.97 Å². The van der Waals surface area contributed by atoms with E-state index < -0.39 is 33.6 Å². The number of carbonyl (C=O) groups is 1. The Labute approximate surface area is 76.0 Å². The van der Waals surface area contributed by atoms with Gasteiger partial charge in [0.2, 0.25) is 0 Å². The largest absolute Gasteiger partial charge is 0.469 e. The molecule has 1 saturated heterocycles. The molecule has 13 heavy (non-hydrogen) atoms. The zero-order chi connectivity index (χ0) is 10.1. The molecule has 1 aliphatic rings. The van der Waals surface area contributed by atoms with E-state index in [1.54, 1.807) is 0 Å². The summed E-state index contributed by atoms with van der Waals surface area (Å²) in [5.74, 6) is -2.27. The molecule has 0 aromatic rings. The maximum absolute atomic E-state index is 13.1. The van der Waals surface area contributed by atoms with Gasteiger partial charge in [-0.3, -0.25) is 4.79 Å². The molecule has 0 aromatic carbocycles. The number of alkyl halides is 1. The van der Waals surface area contributed by atoms with Crippen LogP contribution in [0.2, 0.25) is 0 Å². The van der Waals surface area contributed by atoms with Crippen molar-refractivity contribution in [1.29, 1.82) is 0 Å². The molecule has 0 N–H and O–H groups in total. The molecule has 0 bridgehead atoms. The molecule has 1 fully saturated rings. The first-order valence-corrected chi connectivity index (χ1v) is 5.71. The molecule has 1 rings (SSSR count). The highest BCUT2D eigenvalue weighted by Crippen LogP contribution is 2.23. The summed E-state index contributed by atoms with van der Waals surface area (Å²) in [7, 11) is -2.12. The molecule has 76 valence electrons. The van der Waals surface area contributed by atoms with Gasteiger partial charge in [0.05, 0.1) is 24.5 Å². The Morgan fingerprint density at radius 2 is 2.15 bits per heavy atom. The maximum Gasteiger partial charge on any atom is 0.311 e. The molecule has 6 heteroatoms. The van der Waals surface area contributed by atoms with Gasteiger partial charge < -0.3 is 4.74 Å². The van der Waals surface area contributed by atoms with Crippen LogP contribution in [0.4, 0.5) is 4.39 Å². The number of sulfone groups is 1. The summed E-state index contributed by atoms with van der Waals surface area (Å²) >= 11 is 0. The summed E-state index contributed by atoms with van der Waals surface area (Å²) in [6.07, 6.45) is -1.60. The van der Waals surface area contributed by atoms with E-state index in [0.29, 0.717) is 0 Å². The summed E-state index contributed by atoms with van der Waals surface area (Å²) < 4.78 is 39.3. The standard InChI is InChI=1S/C7H11FO4S/c1-12-7(9)5-2-3-13(10,11)4-6(5)8/h5-6H,2-4H2,1H3. The van der Waals surface area contributed by atoms with Gasteiger partial charge in [0.15, 0.2) is 9.84 Å². The third kappa shape index (κ3) is 2.40. The number of esters is 1. The molecule has 4 nitrogen and oxygen atoms in total. The van der Waals surface area contributed by atoms with E-state index in [4.69, 9.17) is 0 Å². The molecule has 1 aliphatic heterocycles. The molecular formula is C7H11FO4S. The van der Waals surface area contributed by atoms with E-state index in [9.17, 15) is 17.6 Å². The van der Waals surface area contributed by atoms with Crippen LogP contribution >= 0.6 is 0 Å². The van der Waals surface area contributed by atoms with Crippen molar-refractivity contribution in [3.63, 3.8) is 0 Å². The van der Waals surface area contributed by atoms with Crippen LogP contribution in [0.5, 0.6) is 0 Å². The first-order chi connectivity index (χ1) is 5.96. The van der Waals surface area contributed by atoms with Crippen LogP contribution in [-0.4, -0.2) is 39.2 Å². The number of rotatable bonds is 1. The van der Waals surface area contributed by atoms with Gasteiger partial charge in [-0.05, 0) is 6.42 Å². The zero-order valence-corrected chi connectivity index (χ0v) is 8.01. The normalized spacial score (nSPS) is 32.5. The zero-order valence-electron chi connectivity index (χ0n) is 7.20. The van der Waals surface area contributed by atoms with Crippen molar-refractivity contribution in [3.05, 3.63) is 0 Å².